The molecule has 3 rings (SSSR count). The molecule has 26 heavy (non-hydrogen) atoms. The summed E-state index contributed by atoms with van der Waals surface area (Å²) >= 11 is 7.44. The molecule has 1 aromatic heterocycles. The fourth-order valence-electron chi connectivity index (χ4n) is 2.46. The summed E-state index contributed by atoms with van der Waals surface area (Å²) in [4.78, 5) is 12.8. The first-order chi connectivity index (χ1) is 12.6. The summed E-state index contributed by atoms with van der Waals surface area (Å²) < 4.78 is 19.3. The molecule has 1 amide bonds. The molecular formula is C20H15ClFNO2S. The Kier molecular flexibility index (Phi) is 5.77. The van der Waals surface area contributed by atoms with Crippen molar-refractivity contribution in [2.45, 2.75) is 6.42 Å². The molecule has 0 spiro atoms. The number of ether oxygens (including phenoxy) is 1. The molecule has 132 valence electrons. The van der Waals surface area contributed by atoms with Crippen molar-refractivity contribution in [1.82, 2.24) is 5.32 Å². The van der Waals surface area contributed by atoms with Crippen LogP contribution in [0.5, 0.6) is 5.75 Å². The molecule has 3 aromatic rings. The second kappa shape index (κ2) is 8.22. The second-order valence-electron chi connectivity index (χ2n) is 5.53. The number of hydrogen-bond acceptors (Lipinski definition) is 3. The number of thiophene rings is 1. The monoisotopic (exact) mass is 387 g/mol. The number of benzene rings is 2. The van der Waals surface area contributed by atoms with Gasteiger partial charge in [-0.2, -0.15) is 0 Å². The summed E-state index contributed by atoms with van der Waals surface area (Å²) in [7, 11) is 0. The molecule has 0 radical (unpaired) electrons. The lowest BCUT2D eigenvalue weighted by molar-refractivity contribution is 0.0958. The van der Waals surface area contributed by atoms with Crippen molar-refractivity contribution in [2.24, 2.45) is 0 Å². The predicted octanol–water partition coefficient (Wildman–Crippen LogP) is 4.68. The standard InChI is InChI=1S/C20H15ClFNO2S/c1-2-11-25-15-6-3-13(4-7-15)9-10-23-20(24)19-18(21)16-8-5-14(22)12-17(16)26-19/h1,3-8,12H,9-11H2,(H,23,24). The van der Waals surface area contributed by atoms with Gasteiger partial charge in [-0.15, -0.1) is 17.8 Å². The number of rotatable bonds is 6. The molecule has 1 heterocycles. The van der Waals surface area contributed by atoms with Gasteiger partial charge in [0.1, 0.15) is 23.1 Å². The number of carbonyl (C=O) groups excluding carboxylic acids is 1. The number of amides is 1. The van der Waals surface area contributed by atoms with Crippen molar-refractivity contribution in [1.29, 1.82) is 0 Å². The molecule has 1 N–H and O–H groups in total. The van der Waals surface area contributed by atoms with Crippen LogP contribution in [0.3, 0.4) is 0 Å². The van der Waals surface area contributed by atoms with Gasteiger partial charge < -0.3 is 10.1 Å². The molecule has 0 atom stereocenters. The van der Waals surface area contributed by atoms with Crippen LogP contribution >= 0.6 is 22.9 Å². The van der Waals surface area contributed by atoms with E-state index >= 15 is 0 Å². The third-order valence-corrected chi connectivity index (χ3v) is 5.40. The molecule has 6 heteroatoms. The van der Waals surface area contributed by atoms with Crippen molar-refractivity contribution in [3.63, 3.8) is 0 Å². The highest BCUT2D eigenvalue weighted by Gasteiger charge is 2.17. The van der Waals surface area contributed by atoms with Crippen LogP contribution in [0.1, 0.15) is 15.2 Å². The number of terminal acetylenes is 1. The average Bonchev–Trinajstić information content (AvgIpc) is 2.97. The van der Waals surface area contributed by atoms with E-state index < -0.39 is 0 Å². The third kappa shape index (κ3) is 4.16. The van der Waals surface area contributed by atoms with Gasteiger partial charge in [0, 0.05) is 16.6 Å². The molecule has 0 aliphatic heterocycles. The van der Waals surface area contributed by atoms with Gasteiger partial charge in [-0.3, -0.25) is 4.79 Å². The maximum atomic E-state index is 13.3. The Labute approximate surface area is 159 Å². The Balaban J connectivity index is 1.59. The van der Waals surface area contributed by atoms with Crippen LogP contribution < -0.4 is 10.1 Å². The van der Waals surface area contributed by atoms with Gasteiger partial charge >= 0.3 is 0 Å². The fourth-order valence-corrected chi connectivity index (χ4v) is 3.92. The normalized spacial score (nSPS) is 10.5. The van der Waals surface area contributed by atoms with E-state index in [2.05, 4.69) is 11.2 Å². The van der Waals surface area contributed by atoms with E-state index in [4.69, 9.17) is 22.8 Å². The molecule has 3 nitrogen and oxygen atoms in total. The van der Waals surface area contributed by atoms with E-state index in [-0.39, 0.29) is 18.3 Å². The summed E-state index contributed by atoms with van der Waals surface area (Å²) in [5, 5.41) is 3.89. The first-order valence-corrected chi connectivity index (χ1v) is 9.09. The summed E-state index contributed by atoms with van der Waals surface area (Å²) in [5.41, 5.74) is 1.06. The first kappa shape index (κ1) is 18.2. The molecule has 0 aliphatic rings. The van der Waals surface area contributed by atoms with Crippen LogP contribution in [-0.2, 0) is 6.42 Å². The fraction of sp³-hybridized carbons (Fsp3) is 0.150. The highest BCUT2D eigenvalue weighted by molar-refractivity contribution is 7.21. The minimum absolute atomic E-state index is 0.231. The lowest BCUT2D eigenvalue weighted by Crippen LogP contribution is -2.25. The van der Waals surface area contributed by atoms with Crippen molar-refractivity contribution < 1.29 is 13.9 Å². The minimum atomic E-state index is -0.350. The van der Waals surface area contributed by atoms with Crippen LogP contribution in [0.15, 0.2) is 42.5 Å². The molecule has 0 aliphatic carbocycles. The zero-order valence-corrected chi connectivity index (χ0v) is 15.3. The maximum Gasteiger partial charge on any atom is 0.262 e. The topological polar surface area (TPSA) is 38.3 Å². The van der Waals surface area contributed by atoms with Gasteiger partial charge in [0.2, 0.25) is 0 Å². The number of fused-ring (bicyclic) bond motifs is 1. The van der Waals surface area contributed by atoms with Crippen LogP contribution in [0.2, 0.25) is 5.02 Å². The number of hydrogen-bond donors (Lipinski definition) is 1. The Morgan fingerprint density at radius 3 is 2.77 bits per heavy atom. The number of nitrogens with one attached hydrogen (secondary N) is 1. The predicted molar refractivity (Wildman–Crippen MR) is 104 cm³/mol. The molecular weight excluding hydrogens is 373 g/mol. The largest absolute Gasteiger partial charge is 0.481 e. The smallest absolute Gasteiger partial charge is 0.262 e. The van der Waals surface area contributed by atoms with Crippen LogP contribution in [-0.4, -0.2) is 19.1 Å². The van der Waals surface area contributed by atoms with Crippen molar-refractivity contribution in [3.05, 3.63) is 63.7 Å². The van der Waals surface area contributed by atoms with E-state index in [1.807, 2.05) is 24.3 Å². The quantitative estimate of drug-likeness (QED) is 0.624. The minimum Gasteiger partial charge on any atom is -0.481 e. The Morgan fingerprint density at radius 1 is 1.27 bits per heavy atom. The molecule has 0 bridgehead atoms. The van der Waals surface area contributed by atoms with E-state index in [0.29, 0.717) is 38.7 Å². The van der Waals surface area contributed by atoms with Gasteiger partial charge in [0.15, 0.2) is 0 Å². The molecule has 0 saturated heterocycles. The molecule has 2 aromatic carbocycles. The van der Waals surface area contributed by atoms with Crippen LogP contribution in [0.25, 0.3) is 10.1 Å². The molecule has 0 saturated carbocycles. The summed E-state index contributed by atoms with van der Waals surface area (Å²) in [6.07, 6.45) is 5.81. The van der Waals surface area contributed by atoms with Gasteiger partial charge in [-0.1, -0.05) is 29.7 Å². The second-order valence-corrected chi connectivity index (χ2v) is 6.96. The summed E-state index contributed by atoms with van der Waals surface area (Å²) in [5.74, 6) is 2.51. The van der Waals surface area contributed by atoms with E-state index in [0.717, 1.165) is 5.56 Å². The molecule has 0 fully saturated rings. The lowest BCUT2D eigenvalue weighted by Gasteiger charge is -2.06. The maximum absolute atomic E-state index is 13.3. The van der Waals surface area contributed by atoms with Crippen LogP contribution in [0, 0.1) is 18.2 Å². The van der Waals surface area contributed by atoms with Crippen molar-refractivity contribution in [2.75, 3.05) is 13.2 Å². The van der Waals surface area contributed by atoms with Crippen molar-refractivity contribution in [3.8, 4) is 18.1 Å². The van der Waals surface area contributed by atoms with Crippen molar-refractivity contribution >= 4 is 38.9 Å². The first-order valence-electron chi connectivity index (χ1n) is 7.89. The van der Waals surface area contributed by atoms with Gasteiger partial charge in [0.05, 0.1) is 5.02 Å². The van der Waals surface area contributed by atoms with E-state index in [1.54, 1.807) is 6.07 Å². The van der Waals surface area contributed by atoms with Gasteiger partial charge in [-0.05, 0) is 42.3 Å². The Morgan fingerprint density at radius 2 is 2.04 bits per heavy atom. The highest BCUT2D eigenvalue weighted by Crippen LogP contribution is 2.35. The third-order valence-electron chi connectivity index (χ3n) is 3.74. The summed E-state index contributed by atoms with van der Waals surface area (Å²) in [6, 6.07) is 11.8. The van der Waals surface area contributed by atoms with Gasteiger partial charge in [-0.25, -0.2) is 4.39 Å². The lowest BCUT2D eigenvalue weighted by atomic mass is 10.1. The zero-order chi connectivity index (χ0) is 18.5. The van der Waals surface area contributed by atoms with E-state index in [1.165, 1.54) is 23.5 Å². The molecule has 0 unspecified atom stereocenters. The Bertz CT molecular complexity index is 976. The van der Waals surface area contributed by atoms with Crippen LogP contribution in [0.4, 0.5) is 4.39 Å². The Hall–Kier alpha value is -2.55. The van der Waals surface area contributed by atoms with Gasteiger partial charge in [0.25, 0.3) is 5.91 Å². The van der Waals surface area contributed by atoms with E-state index in [9.17, 15) is 9.18 Å². The zero-order valence-electron chi connectivity index (χ0n) is 13.7. The summed E-state index contributed by atoms with van der Waals surface area (Å²) in [6.45, 7) is 0.692. The highest BCUT2D eigenvalue weighted by atomic mass is 35.5. The number of carbonyl (C=O) groups is 1. The number of halogens is 2. The average molecular weight is 388 g/mol. The SMILES string of the molecule is C#CCOc1ccc(CCNC(=O)c2sc3cc(F)ccc3c2Cl)cc1.